The number of likely N-dealkylation sites (N-methyl/N-ethyl adjacent to an activating group) is 3. The highest BCUT2D eigenvalue weighted by molar-refractivity contribution is 9.10. The first-order valence-electron chi connectivity index (χ1n) is 7.35. The van der Waals surface area contributed by atoms with Crippen LogP contribution in [0.1, 0.15) is 11.7 Å². The smallest absolute Gasteiger partial charge is 0.0712 e. The summed E-state index contributed by atoms with van der Waals surface area (Å²) in [5, 5.41) is 8.07. The molecule has 0 spiro atoms. The molecule has 1 aliphatic rings. The van der Waals surface area contributed by atoms with Gasteiger partial charge in [-0.15, -0.1) is 0 Å². The zero-order valence-electron chi connectivity index (χ0n) is 13.3. The van der Waals surface area contributed by atoms with E-state index in [1.54, 1.807) is 0 Å². The van der Waals surface area contributed by atoms with Crippen molar-refractivity contribution in [3.63, 3.8) is 0 Å². The topological polar surface area (TPSA) is 36.3 Å². The molecular weight excluding hydrogens is 350 g/mol. The second kappa shape index (κ2) is 7.97. The van der Waals surface area contributed by atoms with Crippen LogP contribution in [0.2, 0.25) is 0 Å². The van der Waals surface area contributed by atoms with Crippen molar-refractivity contribution in [1.82, 2.24) is 24.9 Å². The van der Waals surface area contributed by atoms with Crippen LogP contribution in [0.5, 0.6) is 0 Å². The third-order valence-corrected chi connectivity index (χ3v) is 5.69. The van der Waals surface area contributed by atoms with Gasteiger partial charge in [0.15, 0.2) is 0 Å². The molecule has 0 bridgehead atoms. The summed E-state index contributed by atoms with van der Waals surface area (Å²) in [6, 6.07) is 0.793. The number of nitrogens with one attached hydrogen (secondary N) is 1. The summed E-state index contributed by atoms with van der Waals surface area (Å²) in [6.45, 7) is 3.06. The number of halogens is 1. The molecule has 2 rings (SSSR count). The second-order valence-electron chi connectivity index (χ2n) is 5.79. The SMILES string of the molecule is CNC(c1c(Br)cnn1CCN(C)C)C1CSCCN1C. The molecule has 1 saturated heterocycles. The second-order valence-corrected chi connectivity index (χ2v) is 7.80. The zero-order valence-corrected chi connectivity index (χ0v) is 15.7. The first-order valence-corrected chi connectivity index (χ1v) is 9.30. The van der Waals surface area contributed by atoms with Crippen LogP contribution in [0.4, 0.5) is 0 Å². The first-order chi connectivity index (χ1) is 10.0. The van der Waals surface area contributed by atoms with Gasteiger partial charge in [0, 0.05) is 30.6 Å². The van der Waals surface area contributed by atoms with Crippen LogP contribution in [0.15, 0.2) is 10.7 Å². The maximum atomic E-state index is 4.55. The minimum atomic E-state index is 0.293. The fourth-order valence-corrected chi connectivity index (χ4v) is 4.54. The summed E-state index contributed by atoms with van der Waals surface area (Å²) in [5.74, 6) is 2.39. The van der Waals surface area contributed by atoms with Crippen molar-refractivity contribution in [2.24, 2.45) is 0 Å². The van der Waals surface area contributed by atoms with Crippen molar-refractivity contribution >= 4 is 27.7 Å². The van der Waals surface area contributed by atoms with Crippen molar-refractivity contribution in [3.05, 3.63) is 16.4 Å². The molecule has 2 heterocycles. The molecule has 0 aliphatic carbocycles. The van der Waals surface area contributed by atoms with Crippen LogP contribution >= 0.6 is 27.7 Å². The predicted molar refractivity (Wildman–Crippen MR) is 94.0 cm³/mol. The van der Waals surface area contributed by atoms with Gasteiger partial charge in [-0.05, 0) is 44.1 Å². The lowest BCUT2D eigenvalue weighted by Gasteiger charge is -2.38. The summed E-state index contributed by atoms with van der Waals surface area (Å²) in [7, 11) is 8.47. The molecule has 1 N–H and O–H groups in total. The first kappa shape index (κ1) is 17.3. The van der Waals surface area contributed by atoms with Gasteiger partial charge in [0.05, 0.1) is 29.0 Å². The molecule has 7 heteroatoms. The van der Waals surface area contributed by atoms with Gasteiger partial charge in [-0.2, -0.15) is 16.9 Å². The van der Waals surface area contributed by atoms with E-state index in [4.69, 9.17) is 0 Å². The van der Waals surface area contributed by atoms with Crippen LogP contribution in [0.25, 0.3) is 0 Å². The normalized spacial score (nSPS) is 21.9. The molecule has 1 fully saturated rings. The lowest BCUT2D eigenvalue weighted by Crippen LogP contribution is -2.47. The molecule has 1 aromatic rings. The summed E-state index contributed by atoms with van der Waals surface area (Å²) < 4.78 is 3.24. The Labute approximate surface area is 140 Å². The number of hydrogen-bond acceptors (Lipinski definition) is 5. The fourth-order valence-electron chi connectivity index (χ4n) is 2.72. The van der Waals surface area contributed by atoms with Gasteiger partial charge in [0.2, 0.25) is 0 Å². The van der Waals surface area contributed by atoms with Crippen LogP contribution in [0.3, 0.4) is 0 Å². The van der Waals surface area contributed by atoms with E-state index in [0.29, 0.717) is 12.1 Å². The lowest BCUT2D eigenvalue weighted by molar-refractivity contribution is 0.213. The molecular formula is C14H26BrN5S. The molecule has 120 valence electrons. The van der Waals surface area contributed by atoms with Gasteiger partial charge < -0.3 is 10.2 Å². The maximum Gasteiger partial charge on any atom is 0.0712 e. The quantitative estimate of drug-likeness (QED) is 0.815. The summed E-state index contributed by atoms with van der Waals surface area (Å²) >= 11 is 5.73. The molecule has 21 heavy (non-hydrogen) atoms. The van der Waals surface area contributed by atoms with Gasteiger partial charge in [0.25, 0.3) is 0 Å². The van der Waals surface area contributed by atoms with Gasteiger partial charge in [-0.1, -0.05) is 0 Å². The molecule has 2 unspecified atom stereocenters. The molecule has 0 radical (unpaired) electrons. The number of rotatable bonds is 6. The van der Waals surface area contributed by atoms with E-state index in [1.807, 2.05) is 25.0 Å². The van der Waals surface area contributed by atoms with E-state index in [9.17, 15) is 0 Å². The largest absolute Gasteiger partial charge is 0.310 e. The molecule has 5 nitrogen and oxygen atoms in total. The van der Waals surface area contributed by atoms with Crippen molar-refractivity contribution in [2.75, 3.05) is 52.8 Å². The van der Waals surface area contributed by atoms with Gasteiger partial charge in [-0.3, -0.25) is 9.58 Å². The molecule has 0 aromatic carbocycles. The Kier molecular flexibility index (Phi) is 6.55. The highest BCUT2D eigenvalue weighted by Crippen LogP contribution is 2.31. The van der Waals surface area contributed by atoms with E-state index in [2.05, 4.69) is 62.0 Å². The fraction of sp³-hybridized carbons (Fsp3) is 0.786. The molecule has 2 atom stereocenters. The van der Waals surface area contributed by atoms with E-state index < -0.39 is 0 Å². The average molecular weight is 376 g/mol. The Morgan fingerprint density at radius 1 is 1.57 bits per heavy atom. The average Bonchev–Trinajstić information content (AvgIpc) is 2.81. The number of hydrogen-bond donors (Lipinski definition) is 1. The Morgan fingerprint density at radius 3 is 2.95 bits per heavy atom. The Balaban J connectivity index is 2.22. The van der Waals surface area contributed by atoms with Crippen LogP contribution in [-0.2, 0) is 6.54 Å². The summed E-state index contributed by atoms with van der Waals surface area (Å²) in [4.78, 5) is 4.66. The minimum Gasteiger partial charge on any atom is -0.310 e. The number of thioether (sulfide) groups is 1. The lowest BCUT2D eigenvalue weighted by atomic mass is 10.0. The van der Waals surface area contributed by atoms with Crippen LogP contribution in [0, 0.1) is 0 Å². The Bertz CT molecular complexity index is 451. The van der Waals surface area contributed by atoms with E-state index in [1.165, 1.54) is 11.4 Å². The minimum absolute atomic E-state index is 0.293. The zero-order chi connectivity index (χ0) is 15.4. The highest BCUT2D eigenvalue weighted by atomic mass is 79.9. The summed E-state index contributed by atoms with van der Waals surface area (Å²) in [5.41, 5.74) is 1.26. The monoisotopic (exact) mass is 375 g/mol. The van der Waals surface area contributed by atoms with Crippen molar-refractivity contribution in [2.45, 2.75) is 18.6 Å². The number of nitrogens with zero attached hydrogens (tertiary/aromatic N) is 4. The standard InChI is InChI=1S/C14H26BrN5S/c1-16-13(12-10-21-8-7-19(12)4)14-11(15)9-17-20(14)6-5-18(2)3/h9,12-13,16H,5-8,10H2,1-4H3. The Hall–Kier alpha value is -0.0800. The van der Waals surface area contributed by atoms with Crippen molar-refractivity contribution < 1.29 is 0 Å². The molecule has 1 aromatic heterocycles. The highest BCUT2D eigenvalue weighted by Gasteiger charge is 2.31. The Morgan fingerprint density at radius 2 is 2.33 bits per heavy atom. The van der Waals surface area contributed by atoms with Crippen molar-refractivity contribution in [3.8, 4) is 0 Å². The molecule has 0 saturated carbocycles. The van der Waals surface area contributed by atoms with E-state index in [-0.39, 0.29) is 0 Å². The third-order valence-electron chi connectivity index (χ3n) is 4.03. The third kappa shape index (κ3) is 4.22. The van der Waals surface area contributed by atoms with Crippen LogP contribution in [-0.4, -0.2) is 78.4 Å². The molecule has 0 amide bonds. The van der Waals surface area contributed by atoms with Gasteiger partial charge >= 0.3 is 0 Å². The number of aromatic nitrogens is 2. The van der Waals surface area contributed by atoms with Gasteiger partial charge in [0.1, 0.15) is 0 Å². The maximum absolute atomic E-state index is 4.55. The summed E-state index contributed by atoms with van der Waals surface area (Å²) in [6.07, 6.45) is 1.92. The van der Waals surface area contributed by atoms with Gasteiger partial charge in [-0.25, -0.2) is 0 Å². The predicted octanol–water partition coefficient (Wildman–Crippen LogP) is 1.51. The van der Waals surface area contributed by atoms with E-state index in [0.717, 1.165) is 29.9 Å². The van der Waals surface area contributed by atoms with E-state index >= 15 is 0 Å². The van der Waals surface area contributed by atoms with Crippen molar-refractivity contribution in [1.29, 1.82) is 0 Å². The molecule has 1 aliphatic heterocycles. The van der Waals surface area contributed by atoms with Crippen LogP contribution < -0.4 is 5.32 Å².